The second kappa shape index (κ2) is 7.06. The van der Waals surface area contributed by atoms with Crippen molar-refractivity contribution in [3.8, 4) is 0 Å². The highest BCUT2D eigenvalue weighted by molar-refractivity contribution is 5.22. The second-order valence-electron chi connectivity index (χ2n) is 3.90. The number of nitrogens with zero attached hydrogens (tertiary/aromatic N) is 3. The van der Waals surface area contributed by atoms with E-state index in [0.717, 1.165) is 18.9 Å². The lowest BCUT2D eigenvalue weighted by atomic mass is 9.92. The lowest BCUT2D eigenvalue weighted by Crippen LogP contribution is -2.26. The number of aryl methyl sites for hydroxylation is 1. The molecular formula is C12H20N4. The van der Waals surface area contributed by atoms with Gasteiger partial charge in [-0.25, -0.2) is 9.97 Å². The zero-order chi connectivity index (χ0) is 11.8. The fourth-order valence-corrected chi connectivity index (χ4v) is 1.77. The molecule has 0 spiro atoms. The van der Waals surface area contributed by atoms with Crippen LogP contribution in [-0.4, -0.2) is 36.8 Å². The Morgan fingerprint density at radius 1 is 1.31 bits per heavy atom. The van der Waals surface area contributed by atoms with E-state index in [0.29, 0.717) is 5.92 Å². The molecule has 88 valence electrons. The number of aliphatic imine (C=N–C) groups is 1. The molecule has 4 nitrogen and oxygen atoms in total. The van der Waals surface area contributed by atoms with Gasteiger partial charge in [-0.15, -0.1) is 0 Å². The van der Waals surface area contributed by atoms with Gasteiger partial charge in [-0.1, -0.05) is 0 Å². The summed E-state index contributed by atoms with van der Waals surface area (Å²) in [6.07, 6.45) is 6.37. The highest BCUT2D eigenvalue weighted by Gasteiger charge is 2.15. The molecule has 4 heteroatoms. The fourth-order valence-electron chi connectivity index (χ4n) is 1.77. The molecule has 2 rings (SSSR count). The minimum atomic E-state index is 0.668. The first-order valence-electron chi connectivity index (χ1n) is 5.62. The SMILES string of the molecule is C=NC.Cc1ncc(C2CCNCC2)cn1. The van der Waals surface area contributed by atoms with Crippen molar-refractivity contribution in [3.63, 3.8) is 0 Å². The minimum absolute atomic E-state index is 0.668. The summed E-state index contributed by atoms with van der Waals surface area (Å²) in [5, 5.41) is 3.36. The Morgan fingerprint density at radius 3 is 2.31 bits per heavy atom. The first-order chi connectivity index (χ1) is 7.77. The predicted octanol–water partition coefficient (Wildman–Crippen LogP) is 1.57. The van der Waals surface area contributed by atoms with Crippen molar-refractivity contribution in [3.05, 3.63) is 23.8 Å². The normalized spacial score (nSPS) is 16.1. The molecular weight excluding hydrogens is 200 g/mol. The lowest BCUT2D eigenvalue weighted by Gasteiger charge is -2.22. The van der Waals surface area contributed by atoms with Crippen LogP contribution in [0.15, 0.2) is 17.4 Å². The Bertz CT molecular complexity index is 301. The second-order valence-corrected chi connectivity index (χ2v) is 3.90. The largest absolute Gasteiger partial charge is 0.317 e. The molecule has 0 bridgehead atoms. The Labute approximate surface area is 97.2 Å². The van der Waals surface area contributed by atoms with Crippen LogP contribution in [0.5, 0.6) is 0 Å². The van der Waals surface area contributed by atoms with Crippen LogP contribution < -0.4 is 5.32 Å². The summed E-state index contributed by atoms with van der Waals surface area (Å²) < 4.78 is 0. The lowest BCUT2D eigenvalue weighted by molar-refractivity contribution is 0.458. The predicted molar refractivity (Wildman–Crippen MR) is 67.1 cm³/mol. The van der Waals surface area contributed by atoms with E-state index in [1.165, 1.54) is 18.4 Å². The smallest absolute Gasteiger partial charge is 0.125 e. The third-order valence-corrected chi connectivity index (χ3v) is 2.61. The summed E-state index contributed by atoms with van der Waals surface area (Å²) in [6, 6.07) is 0. The molecule has 0 unspecified atom stereocenters. The van der Waals surface area contributed by atoms with Crippen LogP contribution in [0.25, 0.3) is 0 Å². The Morgan fingerprint density at radius 2 is 1.81 bits per heavy atom. The summed E-state index contributed by atoms with van der Waals surface area (Å²) in [4.78, 5) is 11.7. The summed E-state index contributed by atoms with van der Waals surface area (Å²) in [6.45, 7) is 7.28. The van der Waals surface area contributed by atoms with E-state index < -0.39 is 0 Å². The van der Waals surface area contributed by atoms with Crippen molar-refractivity contribution >= 4 is 6.72 Å². The van der Waals surface area contributed by atoms with Crippen LogP contribution in [0, 0.1) is 6.92 Å². The molecule has 1 aliphatic heterocycles. The van der Waals surface area contributed by atoms with Crippen molar-refractivity contribution < 1.29 is 0 Å². The third kappa shape index (κ3) is 4.06. The molecule has 1 saturated heterocycles. The molecule has 1 N–H and O–H groups in total. The standard InChI is InChI=1S/C10H15N3.C2H5N/c1-8-12-6-10(7-13-8)9-2-4-11-5-3-9;1-3-2/h6-7,9,11H,2-5H2,1H3;1H2,2H3. The number of piperidine rings is 1. The van der Waals surface area contributed by atoms with Crippen molar-refractivity contribution in [1.82, 2.24) is 15.3 Å². The molecule has 0 radical (unpaired) electrons. The van der Waals surface area contributed by atoms with E-state index in [2.05, 4.69) is 27.0 Å². The average Bonchev–Trinajstić information content (AvgIpc) is 2.32. The van der Waals surface area contributed by atoms with Gasteiger partial charge in [0.25, 0.3) is 0 Å². The van der Waals surface area contributed by atoms with Gasteiger partial charge >= 0.3 is 0 Å². The molecule has 0 aromatic carbocycles. The summed E-state index contributed by atoms with van der Waals surface area (Å²) in [7, 11) is 1.64. The maximum atomic E-state index is 4.22. The number of hydrogen-bond donors (Lipinski definition) is 1. The fraction of sp³-hybridized carbons (Fsp3) is 0.583. The number of hydrogen-bond acceptors (Lipinski definition) is 4. The van der Waals surface area contributed by atoms with Gasteiger partial charge in [0.1, 0.15) is 5.82 Å². The monoisotopic (exact) mass is 220 g/mol. The van der Waals surface area contributed by atoms with E-state index in [1.807, 2.05) is 19.3 Å². The van der Waals surface area contributed by atoms with Crippen molar-refractivity contribution in [2.45, 2.75) is 25.7 Å². The van der Waals surface area contributed by atoms with Gasteiger partial charge in [-0.05, 0) is 51.1 Å². The Balaban J connectivity index is 0.000000386. The van der Waals surface area contributed by atoms with Crippen LogP contribution in [0.4, 0.5) is 0 Å². The number of rotatable bonds is 1. The van der Waals surface area contributed by atoms with Crippen LogP contribution in [0.1, 0.15) is 30.1 Å². The van der Waals surface area contributed by atoms with Crippen molar-refractivity contribution in [2.24, 2.45) is 4.99 Å². The van der Waals surface area contributed by atoms with Crippen LogP contribution in [-0.2, 0) is 0 Å². The first kappa shape index (κ1) is 12.8. The highest BCUT2D eigenvalue weighted by atomic mass is 14.9. The first-order valence-corrected chi connectivity index (χ1v) is 5.62. The molecule has 0 amide bonds. The number of aromatic nitrogens is 2. The van der Waals surface area contributed by atoms with Crippen LogP contribution in [0.3, 0.4) is 0 Å². The molecule has 1 aliphatic rings. The van der Waals surface area contributed by atoms with Crippen molar-refractivity contribution in [2.75, 3.05) is 20.1 Å². The van der Waals surface area contributed by atoms with E-state index in [9.17, 15) is 0 Å². The molecule has 1 fully saturated rings. The molecule has 0 atom stereocenters. The topological polar surface area (TPSA) is 50.2 Å². The van der Waals surface area contributed by atoms with E-state index >= 15 is 0 Å². The highest BCUT2D eigenvalue weighted by Crippen LogP contribution is 2.23. The van der Waals surface area contributed by atoms with Gasteiger partial charge in [-0.2, -0.15) is 0 Å². The van der Waals surface area contributed by atoms with Gasteiger partial charge in [0.2, 0.25) is 0 Å². The van der Waals surface area contributed by atoms with E-state index in [-0.39, 0.29) is 0 Å². The van der Waals surface area contributed by atoms with Gasteiger partial charge in [0.05, 0.1) is 0 Å². The zero-order valence-corrected chi connectivity index (χ0v) is 10.1. The van der Waals surface area contributed by atoms with E-state index in [4.69, 9.17) is 0 Å². The average molecular weight is 220 g/mol. The summed E-state index contributed by atoms with van der Waals surface area (Å²) in [5.74, 6) is 1.53. The Kier molecular flexibility index (Phi) is 5.64. The maximum absolute atomic E-state index is 4.22. The van der Waals surface area contributed by atoms with Crippen LogP contribution in [0.2, 0.25) is 0 Å². The molecule has 1 aromatic rings. The maximum Gasteiger partial charge on any atom is 0.125 e. The third-order valence-electron chi connectivity index (χ3n) is 2.61. The quantitative estimate of drug-likeness (QED) is 0.731. The van der Waals surface area contributed by atoms with Gasteiger partial charge in [-0.3, -0.25) is 0 Å². The minimum Gasteiger partial charge on any atom is -0.317 e. The van der Waals surface area contributed by atoms with Crippen LogP contribution >= 0.6 is 0 Å². The van der Waals surface area contributed by atoms with Gasteiger partial charge in [0.15, 0.2) is 0 Å². The summed E-state index contributed by atoms with van der Waals surface area (Å²) >= 11 is 0. The zero-order valence-electron chi connectivity index (χ0n) is 10.1. The summed E-state index contributed by atoms with van der Waals surface area (Å²) in [5.41, 5.74) is 1.30. The molecule has 2 heterocycles. The van der Waals surface area contributed by atoms with Gasteiger partial charge in [0, 0.05) is 19.4 Å². The van der Waals surface area contributed by atoms with Crippen molar-refractivity contribution in [1.29, 1.82) is 0 Å². The van der Waals surface area contributed by atoms with E-state index in [1.54, 1.807) is 7.05 Å². The molecule has 0 saturated carbocycles. The van der Waals surface area contributed by atoms with Gasteiger partial charge < -0.3 is 10.3 Å². The molecule has 16 heavy (non-hydrogen) atoms. The molecule has 0 aliphatic carbocycles. The number of nitrogens with one attached hydrogen (secondary N) is 1. The Hall–Kier alpha value is -1.29. The molecule has 1 aromatic heterocycles.